The quantitative estimate of drug-likeness (QED) is 0.692. The zero-order valence-corrected chi connectivity index (χ0v) is 12.4. The molecule has 110 valence electrons. The zero-order chi connectivity index (χ0) is 13.8. The number of hydrogen-bond donors (Lipinski definition) is 0. The van der Waals surface area contributed by atoms with Crippen LogP contribution in [0.5, 0.6) is 0 Å². The minimum Gasteiger partial charge on any atom is -0.382 e. The third-order valence-electron chi connectivity index (χ3n) is 4.21. The van der Waals surface area contributed by atoms with Gasteiger partial charge in [0.05, 0.1) is 12.7 Å². The van der Waals surface area contributed by atoms with Gasteiger partial charge in [-0.1, -0.05) is 13.8 Å². The molecule has 2 fully saturated rings. The molecule has 0 aromatic carbocycles. The zero-order valence-electron chi connectivity index (χ0n) is 12.4. The second-order valence-electron chi connectivity index (χ2n) is 6.18. The Morgan fingerprint density at radius 3 is 2.89 bits per heavy atom. The third-order valence-corrected chi connectivity index (χ3v) is 4.21. The molecule has 0 aromatic heterocycles. The van der Waals surface area contributed by atoms with Gasteiger partial charge in [-0.2, -0.15) is 0 Å². The summed E-state index contributed by atoms with van der Waals surface area (Å²) in [4.78, 5) is 14.1. The number of fused-ring (bicyclic) bond motifs is 1. The van der Waals surface area contributed by atoms with Gasteiger partial charge in [-0.15, -0.1) is 0 Å². The fourth-order valence-corrected chi connectivity index (χ4v) is 3.16. The van der Waals surface area contributed by atoms with Crippen LogP contribution in [0.2, 0.25) is 0 Å². The molecular weight excluding hydrogens is 242 g/mol. The molecule has 0 unspecified atom stereocenters. The molecule has 2 heterocycles. The van der Waals surface area contributed by atoms with Crippen LogP contribution in [0.3, 0.4) is 0 Å². The summed E-state index contributed by atoms with van der Waals surface area (Å²) < 4.78 is 11.3. The second kappa shape index (κ2) is 6.71. The summed E-state index contributed by atoms with van der Waals surface area (Å²) in [5, 5.41) is 0. The van der Waals surface area contributed by atoms with Crippen molar-refractivity contribution in [1.29, 1.82) is 0 Å². The third kappa shape index (κ3) is 3.69. The highest BCUT2D eigenvalue weighted by Crippen LogP contribution is 2.35. The van der Waals surface area contributed by atoms with Gasteiger partial charge in [-0.3, -0.25) is 4.79 Å². The van der Waals surface area contributed by atoms with E-state index in [0.717, 1.165) is 39.3 Å². The second-order valence-corrected chi connectivity index (χ2v) is 6.18. The normalized spacial score (nSPS) is 30.1. The molecule has 0 saturated carbocycles. The summed E-state index contributed by atoms with van der Waals surface area (Å²) in [6.07, 6.45) is 1.98. The lowest BCUT2D eigenvalue weighted by Crippen LogP contribution is -2.32. The summed E-state index contributed by atoms with van der Waals surface area (Å²) in [5.41, 5.74) is 0. The lowest BCUT2D eigenvalue weighted by atomic mass is 9.91. The summed E-state index contributed by atoms with van der Waals surface area (Å²) >= 11 is 0. The Labute approximate surface area is 116 Å². The Hall–Kier alpha value is -0.610. The fourth-order valence-electron chi connectivity index (χ4n) is 3.16. The van der Waals surface area contributed by atoms with Crippen molar-refractivity contribution in [1.82, 2.24) is 4.90 Å². The lowest BCUT2D eigenvalue weighted by Gasteiger charge is -2.20. The van der Waals surface area contributed by atoms with Crippen LogP contribution >= 0.6 is 0 Å². The molecule has 0 radical (unpaired) electrons. The molecule has 2 rings (SSSR count). The summed E-state index contributed by atoms with van der Waals surface area (Å²) in [7, 11) is 0. The number of likely N-dealkylation sites (tertiary alicyclic amines) is 1. The average Bonchev–Trinajstić information content (AvgIpc) is 2.90. The first-order valence-corrected chi connectivity index (χ1v) is 7.59. The van der Waals surface area contributed by atoms with Crippen LogP contribution in [0.1, 0.15) is 33.6 Å². The van der Waals surface area contributed by atoms with E-state index in [4.69, 9.17) is 9.47 Å². The van der Waals surface area contributed by atoms with E-state index >= 15 is 0 Å². The van der Waals surface area contributed by atoms with Crippen molar-refractivity contribution in [2.45, 2.75) is 39.7 Å². The maximum absolute atomic E-state index is 12.1. The first-order valence-electron chi connectivity index (χ1n) is 7.59. The Balaban J connectivity index is 1.81. The average molecular weight is 269 g/mol. The maximum atomic E-state index is 12.1. The van der Waals surface area contributed by atoms with Gasteiger partial charge in [0.2, 0.25) is 5.91 Å². The van der Waals surface area contributed by atoms with Crippen molar-refractivity contribution in [2.24, 2.45) is 17.8 Å². The van der Waals surface area contributed by atoms with Gasteiger partial charge in [0.25, 0.3) is 0 Å². The molecule has 19 heavy (non-hydrogen) atoms. The van der Waals surface area contributed by atoms with Crippen LogP contribution in [-0.4, -0.2) is 49.8 Å². The van der Waals surface area contributed by atoms with Gasteiger partial charge in [-0.25, -0.2) is 0 Å². The number of ether oxygens (including phenoxy) is 2. The van der Waals surface area contributed by atoms with E-state index in [1.807, 2.05) is 11.8 Å². The SMILES string of the molecule is CCOCC[C@H]1CO[C@H]2CN(C(=O)CC(C)C)C[C@@H]12. The van der Waals surface area contributed by atoms with Gasteiger partial charge in [0.1, 0.15) is 0 Å². The van der Waals surface area contributed by atoms with E-state index in [2.05, 4.69) is 13.8 Å². The Bertz CT molecular complexity index is 306. The van der Waals surface area contributed by atoms with Crippen LogP contribution in [0.4, 0.5) is 0 Å². The Morgan fingerprint density at radius 1 is 1.42 bits per heavy atom. The molecule has 2 aliphatic rings. The molecule has 4 nitrogen and oxygen atoms in total. The molecule has 4 heteroatoms. The predicted octanol–water partition coefficient (Wildman–Crippen LogP) is 1.93. The predicted molar refractivity (Wildman–Crippen MR) is 73.9 cm³/mol. The van der Waals surface area contributed by atoms with Crippen molar-refractivity contribution in [3.05, 3.63) is 0 Å². The molecule has 0 spiro atoms. The van der Waals surface area contributed by atoms with Gasteiger partial charge in [0.15, 0.2) is 0 Å². The maximum Gasteiger partial charge on any atom is 0.222 e. The van der Waals surface area contributed by atoms with Crippen LogP contribution in [0, 0.1) is 17.8 Å². The summed E-state index contributed by atoms with van der Waals surface area (Å²) in [6.45, 7) is 10.3. The molecule has 0 bridgehead atoms. The largest absolute Gasteiger partial charge is 0.382 e. The van der Waals surface area contributed by atoms with Crippen LogP contribution in [0.15, 0.2) is 0 Å². The van der Waals surface area contributed by atoms with Gasteiger partial charge < -0.3 is 14.4 Å². The van der Waals surface area contributed by atoms with Gasteiger partial charge in [0, 0.05) is 38.6 Å². The molecule has 0 N–H and O–H groups in total. The minimum atomic E-state index is 0.266. The van der Waals surface area contributed by atoms with E-state index in [9.17, 15) is 4.79 Å². The van der Waals surface area contributed by atoms with E-state index in [1.54, 1.807) is 0 Å². The van der Waals surface area contributed by atoms with Crippen molar-refractivity contribution in [3.63, 3.8) is 0 Å². The minimum absolute atomic E-state index is 0.266. The number of nitrogens with zero attached hydrogens (tertiary/aromatic N) is 1. The molecule has 2 aliphatic heterocycles. The van der Waals surface area contributed by atoms with Crippen LogP contribution in [0.25, 0.3) is 0 Å². The van der Waals surface area contributed by atoms with Gasteiger partial charge in [-0.05, 0) is 25.2 Å². The van der Waals surface area contributed by atoms with E-state index in [1.165, 1.54) is 0 Å². The molecule has 1 amide bonds. The van der Waals surface area contributed by atoms with Crippen molar-refractivity contribution >= 4 is 5.91 Å². The highest BCUT2D eigenvalue weighted by atomic mass is 16.5. The van der Waals surface area contributed by atoms with Crippen LogP contribution < -0.4 is 0 Å². The first-order chi connectivity index (χ1) is 9.11. The lowest BCUT2D eigenvalue weighted by molar-refractivity contribution is -0.131. The number of rotatable bonds is 6. The molecule has 2 saturated heterocycles. The smallest absolute Gasteiger partial charge is 0.222 e. The van der Waals surface area contributed by atoms with E-state index < -0.39 is 0 Å². The summed E-state index contributed by atoms with van der Waals surface area (Å²) in [5.74, 6) is 1.81. The van der Waals surface area contributed by atoms with E-state index in [0.29, 0.717) is 24.2 Å². The van der Waals surface area contributed by atoms with Crippen molar-refractivity contribution in [2.75, 3.05) is 32.9 Å². The topological polar surface area (TPSA) is 38.8 Å². The molecule has 3 atom stereocenters. The number of carbonyl (C=O) groups is 1. The first kappa shape index (κ1) is 14.8. The molecular formula is C15H27NO3. The monoisotopic (exact) mass is 269 g/mol. The summed E-state index contributed by atoms with van der Waals surface area (Å²) in [6, 6.07) is 0. The van der Waals surface area contributed by atoms with Crippen LogP contribution in [-0.2, 0) is 14.3 Å². The highest BCUT2D eigenvalue weighted by Gasteiger charge is 2.44. The fraction of sp³-hybridized carbons (Fsp3) is 0.933. The standard InChI is InChI=1S/C15H27NO3/c1-4-18-6-5-12-10-19-14-9-16(8-13(12)14)15(17)7-11(2)3/h11-14H,4-10H2,1-3H3/t12-,13-,14-/m0/s1. The number of amides is 1. The van der Waals surface area contributed by atoms with E-state index in [-0.39, 0.29) is 12.0 Å². The Kier molecular flexibility index (Phi) is 5.22. The van der Waals surface area contributed by atoms with Gasteiger partial charge >= 0.3 is 0 Å². The highest BCUT2D eigenvalue weighted by molar-refractivity contribution is 5.76. The number of carbonyl (C=O) groups excluding carboxylic acids is 1. The molecule has 0 aliphatic carbocycles. The van der Waals surface area contributed by atoms with Crippen molar-refractivity contribution in [3.8, 4) is 0 Å². The van der Waals surface area contributed by atoms with Crippen molar-refractivity contribution < 1.29 is 14.3 Å². The molecule has 0 aromatic rings. The number of hydrogen-bond acceptors (Lipinski definition) is 3. The Morgan fingerprint density at radius 2 is 2.21 bits per heavy atom.